The van der Waals surface area contributed by atoms with Crippen molar-refractivity contribution in [3.8, 4) is 22.8 Å². The van der Waals surface area contributed by atoms with E-state index >= 15 is 0 Å². The van der Waals surface area contributed by atoms with Crippen molar-refractivity contribution in [2.24, 2.45) is 0 Å². The summed E-state index contributed by atoms with van der Waals surface area (Å²) in [6.07, 6.45) is 0. The van der Waals surface area contributed by atoms with Gasteiger partial charge in [0.1, 0.15) is 11.5 Å². The third-order valence-corrected chi connectivity index (χ3v) is 3.49. The molecule has 0 bridgehead atoms. The molecule has 1 aromatic heterocycles. The molecule has 2 aromatic carbocycles. The fourth-order valence-corrected chi connectivity index (χ4v) is 2.27. The highest BCUT2D eigenvalue weighted by molar-refractivity contribution is 5.60. The molecule has 0 atom stereocenters. The number of nitrogens with one attached hydrogen (secondary N) is 2. The van der Waals surface area contributed by atoms with E-state index in [4.69, 9.17) is 9.47 Å². The van der Waals surface area contributed by atoms with Crippen molar-refractivity contribution >= 4 is 11.6 Å². The second kappa shape index (κ2) is 7.48. The minimum Gasteiger partial charge on any atom is -0.497 e. The summed E-state index contributed by atoms with van der Waals surface area (Å²) in [4.78, 5) is 15.0. The molecule has 0 aliphatic rings. The van der Waals surface area contributed by atoms with Crippen LogP contribution in [0.15, 0.2) is 53.3 Å². The lowest BCUT2D eigenvalue weighted by molar-refractivity contribution is 0.340. The minimum atomic E-state index is -0.325. The second-order valence-corrected chi connectivity index (χ2v) is 5.16. The van der Waals surface area contributed by atoms with E-state index in [0.29, 0.717) is 17.9 Å². The molecule has 0 amide bonds. The number of benzene rings is 2. The molecule has 0 saturated heterocycles. The van der Waals surface area contributed by atoms with Crippen molar-refractivity contribution in [1.29, 1.82) is 0 Å². The number of ether oxygens (including phenoxy) is 2. The summed E-state index contributed by atoms with van der Waals surface area (Å²) >= 11 is 0. The first-order chi connectivity index (χ1) is 12.2. The van der Waals surface area contributed by atoms with Crippen molar-refractivity contribution < 1.29 is 9.47 Å². The van der Waals surface area contributed by atoms with Crippen molar-refractivity contribution in [2.75, 3.05) is 19.0 Å². The van der Waals surface area contributed by atoms with Gasteiger partial charge in [0.2, 0.25) is 5.95 Å². The maximum absolute atomic E-state index is 12.3. The Bertz CT molecular complexity index is 889. The van der Waals surface area contributed by atoms with Gasteiger partial charge in [-0.3, -0.25) is 9.78 Å². The Morgan fingerprint density at radius 2 is 1.68 bits per heavy atom. The number of anilines is 2. The molecule has 0 fully saturated rings. The van der Waals surface area contributed by atoms with Crippen molar-refractivity contribution in [3.63, 3.8) is 0 Å². The molecule has 1 heterocycles. The molecule has 7 heteroatoms. The van der Waals surface area contributed by atoms with Crippen LogP contribution >= 0.6 is 0 Å². The van der Waals surface area contributed by atoms with E-state index in [-0.39, 0.29) is 17.2 Å². The lowest BCUT2D eigenvalue weighted by Crippen LogP contribution is -2.15. The Hall–Kier alpha value is -3.35. The van der Waals surface area contributed by atoms with Crippen molar-refractivity contribution in [3.05, 3.63) is 58.9 Å². The van der Waals surface area contributed by atoms with Gasteiger partial charge >= 0.3 is 0 Å². The largest absolute Gasteiger partial charge is 0.497 e. The van der Waals surface area contributed by atoms with Crippen LogP contribution in [0.25, 0.3) is 11.3 Å². The smallest absolute Gasteiger partial charge is 0.279 e. The fraction of sp³-hybridized carbons (Fsp3) is 0.167. The molecular formula is C18H18N4O3. The van der Waals surface area contributed by atoms with Gasteiger partial charge in [0, 0.05) is 11.3 Å². The molecule has 0 radical (unpaired) electrons. The van der Waals surface area contributed by atoms with Crippen LogP contribution in [-0.2, 0) is 0 Å². The molecular weight excluding hydrogens is 320 g/mol. The van der Waals surface area contributed by atoms with Crippen LogP contribution in [0.2, 0.25) is 0 Å². The van der Waals surface area contributed by atoms with Gasteiger partial charge in [-0.15, -0.1) is 10.2 Å². The topological polar surface area (TPSA) is 89.1 Å². The predicted octanol–water partition coefficient (Wildman–Crippen LogP) is 2.98. The average Bonchev–Trinajstić information content (AvgIpc) is 2.64. The Labute approximate surface area is 144 Å². The van der Waals surface area contributed by atoms with E-state index < -0.39 is 0 Å². The van der Waals surface area contributed by atoms with E-state index in [9.17, 15) is 4.79 Å². The third kappa shape index (κ3) is 3.95. The molecule has 0 spiro atoms. The van der Waals surface area contributed by atoms with Crippen LogP contribution in [0.4, 0.5) is 11.6 Å². The number of hydrogen-bond acceptors (Lipinski definition) is 6. The summed E-state index contributed by atoms with van der Waals surface area (Å²) in [6, 6.07) is 14.4. The Kier molecular flexibility index (Phi) is 4.94. The van der Waals surface area contributed by atoms with Gasteiger partial charge < -0.3 is 14.8 Å². The first kappa shape index (κ1) is 16.5. The first-order valence-electron chi connectivity index (χ1n) is 7.81. The molecule has 7 nitrogen and oxygen atoms in total. The highest BCUT2D eigenvalue weighted by Gasteiger charge is 2.08. The van der Waals surface area contributed by atoms with E-state index in [1.54, 1.807) is 31.4 Å². The second-order valence-electron chi connectivity index (χ2n) is 5.16. The van der Waals surface area contributed by atoms with Gasteiger partial charge in [0.25, 0.3) is 5.56 Å². The third-order valence-electron chi connectivity index (χ3n) is 3.49. The minimum absolute atomic E-state index is 0.250. The summed E-state index contributed by atoms with van der Waals surface area (Å²) in [5, 5.41) is 11.1. The molecule has 0 unspecified atom stereocenters. The zero-order valence-corrected chi connectivity index (χ0v) is 13.9. The summed E-state index contributed by atoms with van der Waals surface area (Å²) in [6.45, 7) is 2.54. The first-order valence-corrected chi connectivity index (χ1v) is 7.81. The number of aromatic amines is 1. The maximum atomic E-state index is 12.3. The standard InChI is InChI=1S/C18H18N4O3/c1-3-25-15-10-6-13(7-11-15)19-18-20-17(23)16(21-22-18)12-4-8-14(24-2)9-5-12/h4-11H,3H2,1-2H3,(H2,19,20,22,23). The number of methoxy groups -OCH3 is 1. The quantitative estimate of drug-likeness (QED) is 0.718. The van der Waals surface area contributed by atoms with E-state index in [1.165, 1.54) is 0 Å². The lowest BCUT2D eigenvalue weighted by atomic mass is 10.1. The van der Waals surface area contributed by atoms with Gasteiger partial charge in [-0.25, -0.2) is 0 Å². The van der Waals surface area contributed by atoms with Crippen LogP contribution in [0.3, 0.4) is 0 Å². The number of aromatic nitrogens is 3. The zero-order chi connectivity index (χ0) is 17.6. The molecule has 3 rings (SSSR count). The molecule has 3 aromatic rings. The molecule has 0 saturated carbocycles. The Morgan fingerprint density at radius 1 is 1.00 bits per heavy atom. The number of H-pyrrole nitrogens is 1. The lowest BCUT2D eigenvalue weighted by Gasteiger charge is -2.07. The van der Waals surface area contributed by atoms with Gasteiger partial charge in [-0.1, -0.05) is 0 Å². The van der Waals surface area contributed by atoms with Crippen molar-refractivity contribution in [1.82, 2.24) is 15.2 Å². The van der Waals surface area contributed by atoms with Gasteiger partial charge in [0.05, 0.1) is 13.7 Å². The number of rotatable bonds is 6. The van der Waals surface area contributed by atoms with Crippen LogP contribution < -0.4 is 20.3 Å². The highest BCUT2D eigenvalue weighted by atomic mass is 16.5. The molecule has 0 aliphatic carbocycles. The molecule has 25 heavy (non-hydrogen) atoms. The fourth-order valence-electron chi connectivity index (χ4n) is 2.27. The van der Waals surface area contributed by atoms with E-state index in [2.05, 4.69) is 20.5 Å². The van der Waals surface area contributed by atoms with E-state index in [1.807, 2.05) is 31.2 Å². The van der Waals surface area contributed by atoms with Crippen LogP contribution in [-0.4, -0.2) is 28.9 Å². The normalized spacial score (nSPS) is 10.3. The average molecular weight is 338 g/mol. The van der Waals surface area contributed by atoms with Crippen LogP contribution in [0.1, 0.15) is 6.92 Å². The number of nitrogens with zero attached hydrogens (tertiary/aromatic N) is 2. The Balaban J connectivity index is 1.78. The monoisotopic (exact) mass is 338 g/mol. The van der Waals surface area contributed by atoms with Gasteiger partial charge in [0.15, 0.2) is 5.69 Å². The predicted molar refractivity (Wildman–Crippen MR) is 95.5 cm³/mol. The van der Waals surface area contributed by atoms with Crippen molar-refractivity contribution in [2.45, 2.75) is 6.92 Å². The summed E-state index contributed by atoms with van der Waals surface area (Å²) in [7, 11) is 1.59. The van der Waals surface area contributed by atoms with E-state index in [0.717, 1.165) is 11.4 Å². The van der Waals surface area contributed by atoms with Crippen LogP contribution in [0.5, 0.6) is 11.5 Å². The maximum Gasteiger partial charge on any atom is 0.279 e. The summed E-state index contributed by atoms with van der Waals surface area (Å²) in [5.41, 5.74) is 1.36. The number of hydrogen-bond donors (Lipinski definition) is 2. The van der Waals surface area contributed by atoms with Crippen LogP contribution in [0, 0.1) is 0 Å². The summed E-state index contributed by atoms with van der Waals surface area (Å²) < 4.78 is 10.5. The molecule has 0 aliphatic heterocycles. The molecule has 2 N–H and O–H groups in total. The summed E-state index contributed by atoms with van der Waals surface area (Å²) in [5.74, 6) is 1.76. The van der Waals surface area contributed by atoms with Gasteiger partial charge in [-0.2, -0.15) is 0 Å². The molecule has 128 valence electrons. The zero-order valence-electron chi connectivity index (χ0n) is 13.9. The highest BCUT2D eigenvalue weighted by Crippen LogP contribution is 2.19. The Morgan fingerprint density at radius 3 is 2.28 bits per heavy atom. The SMILES string of the molecule is CCOc1ccc(Nc2nnc(-c3ccc(OC)cc3)c(=O)[nH]2)cc1. The van der Waals surface area contributed by atoms with Gasteiger partial charge in [-0.05, 0) is 55.5 Å².